The molecule has 24 heavy (non-hydrogen) atoms. The van der Waals surface area contributed by atoms with Crippen LogP contribution >= 0.6 is 24.8 Å². The minimum absolute atomic E-state index is 0. The molecule has 2 aliphatic rings. The van der Waals surface area contributed by atoms with Crippen molar-refractivity contribution >= 4 is 30.5 Å². The third kappa shape index (κ3) is 3.40. The van der Waals surface area contributed by atoms with Crippen LogP contribution in [0.3, 0.4) is 0 Å². The Kier molecular flexibility index (Phi) is 6.53. The molecular formula is C19H25Cl2N3. The number of rotatable bonds is 2. The van der Waals surface area contributed by atoms with Gasteiger partial charge in [0.25, 0.3) is 0 Å². The minimum atomic E-state index is 0. The van der Waals surface area contributed by atoms with E-state index < -0.39 is 0 Å². The molecular weight excluding hydrogens is 341 g/mol. The average molecular weight is 366 g/mol. The van der Waals surface area contributed by atoms with Crippen molar-refractivity contribution in [1.29, 1.82) is 0 Å². The molecule has 0 spiro atoms. The van der Waals surface area contributed by atoms with Gasteiger partial charge in [-0.3, -0.25) is 4.90 Å². The number of nitrogens with one attached hydrogen (secondary N) is 2. The van der Waals surface area contributed by atoms with E-state index >= 15 is 0 Å². The van der Waals surface area contributed by atoms with Crippen molar-refractivity contribution in [2.75, 3.05) is 38.5 Å². The van der Waals surface area contributed by atoms with Crippen molar-refractivity contribution in [3.63, 3.8) is 0 Å². The first-order valence-electron chi connectivity index (χ1n) is 8.18. The van der Waals surface area contributed by atoms with E-state index in [4.69, 9.17) is 0 Å². The summed E-state index contributed by atoms with van der Waals surface area (Å²) in [7, 11) is 1.97. The third-order valence-corrected chi connectivity index (χ3v) is 5.10. The highest BCUT2D eigenvalue weighted by atomic mass is 35.5. The summed E-state index contributed by atoms with van der Waals surface area (Å²) in [6.07, 6.45) is 0. The fourth-order valence-corrected chi connectivity index (χ4v) is 3.90. The minimum Gasteiger partial charge on any atom is -0.388 e. The topological polar surface area (TPSA) is 27.3 Å². The number of anilines is 1. The Bertz CT molecular complexity index is 660. The molecule has 130 valence electrons. The summed E-state index contributed by atoms with van der Waals surface area (Å²) < 4.78 is 0. The van der Waals surface area contributed by atoms with E-state index in [2.05, 4.69) is 64.1 Å². The Morgan fingerprint density at radius 2 is 1.71 bits per heavy atom. The van der Waals surface area contributed by atoms with Gasteiger partial charge in [0.15, 0.2) is 0 Å². The third-order valence-electron chi connectivity index (χ3n) is 5.10. The number of hydrogen-bond acceptors (Lipinski definition) is 3. The van der Waals surface area contributed by atoms with E-state index in [1.807, 2.05) is 7.05 Å². The fourth-order valence-electron chi connectivity index (χ4n) is 3.90. The summed E-state index contributed by atoms with van der Waals surface area (Å²) in [5.41, 5.74) is 5.60. The lowest BCUT2D eigenvalue weighted by atomic mass is 9.81. The van der Waals surface area contributed by atoms with Crippen molar-refractivity contribution in [3.05, 3.63) is 65.2 Å². The molecule has 0 radical (unpaired) electrons. The zero-order valence-electron chi connectivity index (χ0n) is 13.9. The van der Waals surface area contributed by atoms with Gasteiger partial charge in [-0.15, -0.1) is 24.8 Å². The maximum atomic E-state index is 3.54. The molecule has 2 aromatic rings. The number of fused-ring (bicyclic) bond motifs is 3. The van der Waals surface area contributed by atoms with E-state index in [1.165, 1.54) is 22.4 Å². The molecule has 4 rings (SSSR count). The lowest BCUT2D eigenvalue weighted by Gasteiger charge is -2.44. The van der Waals surface area contributed by atoms with Crippen LogP contribution in [0.15, 0.2) is 48.5 Å². The molecule has 5 heteroatoms. The first-order chi connectivity index (χ1) is 10.9. The van der Waals surface area contributed by atoms with E-state index in [-0.39, 0.29) is 24.8 Å². The van der Waals surface area contributed by atoms with Crippen LogP contribution in [0.4, 0.5) is 5.69 Å². The molecule has 0 saturated carbocycles. The summed E-state index contributed by atoms with van der Waals surface area (Å²) in [4.78, 5) is 2.65. The highest BCUT2D eigenvalue weighted by Crippen LogP contribution is 2.39. The van der Waals surface area contributed by atoms with E-state index in [9.17, 15) is 0 Å². The number of hydrogen-bond donors (Lipinski definition) is 2. The van der Waals surface area contributed by atoms with Crippen LogP contribution in [0.5, 0.6) is 0 Å². The Morgan fingerprint density at radius 1 is 1.00 bits per heavy atom. The summed E-state index contributed by atoms with van der Waals surface area (Å²) in [6.45, 7) is 4.44. The molecule has 2 aliphatic heterocycles. The smallest absolute Gasteiger partial charge is 0.0476 e. The number of benzene rings is 2. The van der Waals surface area contributed by atoms with Gasteiger partial charge in [-0.2, -0.15) is 0 Å². The Labute approximate surface area is 156 Å². The highest BCUT2D eigenvalue weighted by molar-refractivity contribution is 5.85. The van der Waals surface area contributed by atoms with Crippen LogP contribution in [0.1, 0.15) is 28.7 Å². The SMILES string of the molecule is CNc1ccc([C@@H]2CN3CCNC[C@H]3c3ccccc32)cc1.Cl.Cl. The Morgan fingerprint density at radius 3 is 2.42 bits per heavy atom. The second kappa shape index (κ2) is 8.21. The zero-order valence-corrected chi connectivity index (χ0v) is 15.5. The molecule has 0 unspecified atom stereocenters. The van der Waals surface area contributed by atoms with E-state index in [1.54, 1.807) is 0 Å². The standard InChI is InChI=1S/C19H23N3.2ClH/c1-20-15-8-6-14(7-9-15)18-13-22-11-10-21-12-19(22)17-5-3-2-4-16(17)18;;/h2-9,18-21H,10-13H2,1H3;2*1H/t18-,19-;;/m0../s1. The summed E-state index contributed by atoms with van der Waals surface area (Å²) in [5.74, 6) is 0.483. The van der Waals surface area contributed by atoms with Crippen LogP contribution in [-0.2, 0) is 0 Å². The van der Waals surface area contributed by atoms with Crippen LogP contribution in [-0.4, -0.2) is 38.1 Å². The van der Waals surface area contributed by atoms with Gasteiger partial charge in [0.2, 0.25) is 0 Å². The quantitative estimate of drug-likeness (QED) is 0.850. The molecule has 0 bridgehead atoms. The first-order valence-corrected chi connectivity index (χ1v) is 8.18. The van der Waals surface area contributed by atoms with Gasteiger partial charge in [0.1, 0.15) is 0 Å². The molecule has 2 atom stereocenters. The molecule has 2 N–H and O–H groups in total. The Hall–Kier alpha value is -1.26. The molecule has 0 amide bonds. The lowest BCUT2D eigenvalue weighted by Crippen LogP contribution is -2.50. The number of piperazine rings is 1. The molecule has 1 fully saturated rings. The Balaban J connectivity index is 0.00000104. The first kappa shape index (κ1) is 19.1. The van der Waals surface area contributed by atoms with Crippen molar-refractivity contribution in [3.8, 4) is 0 Å². The predicted octanol–water partition coefficient (Wildman–Crippen LogP) is 3.66. The van der Waals surface area contributed by atoms with Crippen molar-refractivity contribution < 1.29 is 0 Å². The molecule has 3 nitrogen and oxygen atoms in total. The fraction of sp³-hybridized carbons (Fsp3) is 0.368. The monoisotopic (exact) mass is 365 g/mol. The summed E-state index contributed by atoms with van der Waals surface area (Å²) in [6, 6.07) is 18.4. The van der Waals surface area contributed by atoms with E-state index in [0.717, 1.165) is 26.2 Å². The maximum Gasteiger partial charge on any atom is 0.0476 e. The van der Waals surface area contributed by atoms with E-state index in [0.29, 0.717) is 12.0 Å². The summed E-state index contributed by atoms with van der Waals surface area (Å²) in [5, 5.41) is 6.75. The van der Waals surface area contributed by atoms with Crippen molar-refractivity contribution in [2.45, 2.75) is 12.0 Å². The predicted molar refractivity (Wildman–Crippen MR) is 106 cm³/mol. The molecule has 0 aromatic heterocycles. The second-order valence-corrected chi connectivity index (χ2v) is 6.27. The lowest BCUT2D eigenvalue weighted by molar-refractivity contribution is 0.143. The average Bonchev–Trinajstić information content (AvgIpc) is 2.61. The van der Waals surface area contributed by atoms with Crippen molar-refractivity contribution in [1.82, 2.24) is 10.2 Å². The molecule has 2 aromatic carbocycles. The van der Waals surface area contributed by atoms with Gasteiger partial charge >= 0.3 is 0 Å². The van der Waals surface area contributed by atoms with Gasteiger partial charge in [-0.1, -0.05) is 36.4 Å². The van der Waals surface area contributed by atoms with Crippen LogP contribution in [0, 0.1) is 0 Å². The van der Waals surface area contributed by atoms with Crippen LogP contribution < -0.4 is 10.6 Å². The second-order valence-electron chi connectivity index (χ2n) is 6.27. The normalized spacial score (nSPS) is 22.4. The van der Waals surface area contributed by atoms with Gasteiger partial charge in [0, 0.05) is 50.9 Å². The van der Waals surface area contributed by atoms with Gasteiger partial charge in [0.05, 0.1) is 0 Å². The van der Waals surface area contributed by atoms with Gasteiger partial charge < -0.3 is 10.6 Å². The van der Waals surface area contributed by atoms with Gasteiger partial charge in [-0.05, 0) is 28.8 Å². The molecule has 2 heterocycles. The molecule has 1 saturated heterocycles. The van der Waals surface area contributed by atoms with Crippen LogP contribution in [0.25, 0.3) is 0 Å². The van der Waals surface area contributed by atoms with Crippen LogP contribution in [0.2, 0.25) is 0 Å². The van der Waals surface area contributed by atoms with Gasteiger partial charge in [-0.25, -0.2) is 0 Å². The van der Waals surface area contributed by atoms with Crippen molar-refractivity contribution in [2.24, 2.45) is 0 Å². The summed E-state index contributed by atoms with van der Waals surface area (Å²) >= 11 is 0. The largest absolute Gasteiger partial charge is 0.388 e. The highest BCUT2D eigenvalue weighted by Gasteiger charge is 2.34. The maximum absolute atomic E-state index is 3.54. The number of halogens is 2. The molecule has 0 aliphatic carbocycles. The number of nitrogens with zero attached hydrogens (tertiary/aromatic N) is 1. The zero-order chi connectivity index (χ0) is 14.9.